The minimum atomic E-state index is -0.275. The Labute approximate surface area is 226 Å². The summed E-state index contributed by atoms with van der Waals surface area (Å²) >= 11 is 0. The molecule has 0 aliphatic carbocycles. The summed E-state index contributed by atoms with van der Waals surface area (Å²) in [6, 6.07) is 16.1. The summed E-state index contributed by atoms with van der Waals surface area (Å²) in [6.07, 6.45) is 5.02. The maximum absolute atomic E-state index is 12.9. The highest BCUT2D eigenvalue weighted by atomic mass is 16.5. The molecule has 10 heteroatoms. The van der Waals surface area contributed by atoms with E-state index in [4.69, 9.17) is 9.47 Å². The molecule has 0 saturated carbocycles. The molecule has 1 aliphatic heterocycles. The van der Waals surface area contributed by atoms with Gasteiger partial charge in [-0.2, -0.15) is 5.06 Å². The second kappa shape index (κ2) is 11.5. The van der Waals surface area contributed by atoms with Gasteiger partial charge in [0.15, 0.2) is 11.5 Å². The van der Waals surface area contributed by atoms with Crippen LogP contribution in [-0.4, -0.2) is 58.5 Å². The molecule has 1 aliphatic rings. The first kappa shape index (κ1) is 26.2. The van der Waals surface area contributed by atoms with Crippen molar-refractivity contribution in [3.63, 3.8) is 0 Å². The van der Waals surface area contributed by atoms with Crippen LogP contribution in [0.2, 0.25) is 0 Å². The van der Waals surface area contributed by atoms with Crippen molar-refractivity contribution in [1.82, 2.24) is 19.9 Å². The molecule has 2 aromatic heterocycles. The van der Waals surface area contributed by atoms with Gasteiger partial charge in [0.25, 0.3) is 5.91 Å². The zero-order valence-electron chi connectivity index (χ0n) is 21.9. The van der Waals surface area contributed by atoms with E-state index in [0.29, 0.717) is 59.8 Å². The number of ether oxygens (including phenoxy) is 2. The number of carbonyl (C=O) groups is 2. The van der Waals surface area contributed by atoms with Crippen molar-refractivity contribution in [3.05, 3.63) is 78.1 Å². The quantitative estimate of drug-likeness (QED) is 0.300. The van der Waals surface area contributed by atoms with Gasteiger partial charge in [-0.3, -0.25) is 9.36 Å². The average Bonchev–Trinajstić information content (AvgIpc) is 3.36. The molecule has 39 heavy (non-hydrogen) atoms. The number of pyridine rings is 1. The van der Waals surface area contributed by atoms with E-state index in [1.54, 1.807) is 37.6 Å². The third-order valence-electron chi connectivity index (χ3n) is 6.80. The van der Waals surface area contributed by atoms with E-state index in [1.165, 1.54) is 15.2 Å². The topological polar surface area (TPSA) is 118 Å². The number of hydrogen-bond donors (Lipinski definition) is 3. The van der Waals surface area contributed by atoms with E-state index in [9.17, 15) is 14.8 Å². The minimum absolute atomic E-state index is 0.253. The molecule has 1 fully saturated rings. The van der Waals surface area contributed by atoms with E-state index >= 15 is 0 Å². The van der Waals surface area contributed by atoms with E-state index in [2.05, 4.69) is 15.6 Å². The van der Waals surface area contributed by atoms with E-state index in [-0.39, 0.29) is 11.9 Å². The number of hydroxylamine groups is 2. The van der Waals surface area contributed by atoms with Crippen LogP contribution in [0.4, 0.5) is 10.6 Å². The SMILES string of the molecule is CCOc1cc2c(ccn2C(=O)NC)cc1Oc1ccnc(NC(=O)c2ccc(C3CCN(O)CC3)cc2)c1. The number of anilines is 1. The van der Waals surface area contributed by atoms with E-state index in [1.807, 2.05) is 43.3 Å². The van der Waals surface area contributed by atoms with Crippen LogP contribution in [0.3, 0.4) is 0 Å². The Kier molecular flexibility index (Phi) is 7.76. The van der Waals surface area contributed by atoms with Crippen LogP contribution in [0.15, 0.2) is 67.0 Å². The molecule has 10 nitrogen and oxygen atoms in total. The van der Waals surface area contributed by atoms with Crippen molar-refractivity contribution in [2.75, 3.05) is 32.1 Å². The first-order valence-corrected chi connectivity index (χ1v) is 12.9. The lowest BCUT2D eigenvalue weighted by Crippen LogP contribution is -2.29. The van der Waals surface area contributed by atoms with Gasteiger partial charge >= 0.3 is 6.03 Å². The van der Waals surface area contributed by atoms with Gasteiger partial charge in [-0.1, -0.05) is 12.1 Å². The molecular weight excluding hydrogens is 498 g/mol. The van der Waals surface area contributed by atoms with Crippen LogP contribution in [0.25, 0.3) is 10.9 Å². The first-order valence-electron chi connectivity index (χ1n) is 12.9. The molecule has 3 N–H and O–H groups in total. The lowest BCUT2D eigenvalue weighted by Gasteiger charge is -2.27. The third-order valence-corrected chi connectivity index (χ3v) is 6.80. The predicted molar refractivity (Wildman–Crippen MR) is 147 cm³/mol. The Hall–Kier alpha value is -4.41. The van der Waals surface area contributed by atoms with Crippen molar-refractivity contribution >= 4 is 28.7 Å². The summed E-state index contributed by atoms with van der Waals surface area (Å²) in [6.45, 7) is 3.59. The number of carbonyl (C=O) groups excluding carboxylic acids is 2. The molecule has 4 aromatic rings. The molecule has 202 valence electrons. The summed E-state index contributed by atoms with van der Waals surface area (Å²) in [5, 5.41) is 17.2. The Balaban J connectivity index is 1.30. The number of piperidine rings is 1. The molecular formula is C29H31N5O5. The Morgan fingerprint density at radius 2 is 1.82 bits per heavy atom. The highest BCUT2D eigenvalue weighted by molar-refractivity contribution is 6.03. The number of fused-ring (bicyclic) bond motifs is 1. The van der Waals surface area contributed by atoms with Gasteiger partial charge in [0.1, 0.15) is 11.6 Å². The molecule has 2 aromatic carbocycles. The van der Waals surface area contributed by atoms with Crippen molar-refractivity contribution in [2.24, 2.45) is 0 Å². The molecule has 3 heterocycles. The molecule has 0 atom stereocenters. The molecule has 0 radical (unpaired) electrons. The summed E-state index contributed by atoms with van der Waals surface area (Å²) in [4.78, 5) is 29.4. The summed E-state index contributed by atoms with van der Waals surface area (Å²) < 4.78 is 13.4. The number of nitrogens with one attached hydrogen (secondary N) is 2. The zero-order valence-corrected chi connectivity index (χ0v) is 21.9. The lowest BCUT2D eigenvalue weighted by molar-refractivity contribution is -0.106. The number of benzene rings is 2. The smallest absolute Gasteiger partial charge is 0.325 e. The summed E-state index contributed by atoms with van der Waals surface area (Å²) in [5.74, 6) is 1.89. The average molecular weight is 530 g/mol. The second-order valence-corrected chi connectivity index (χ2v) is 9.31. The molecule has 2 amide bonds. The Bertz CT molecular complexity index is 1480. The normalized spacial score (nSPS) is 14.2. The number of hydrogen-bond acceptors (Lipinski definition) is 7. The number of rotatable bonds is 7. The predicted octanol–water partition coefficient (Wildman–Crippen LogP) is 5.24. The maximum Gasteiger partial charge on any atom is 0.325 e. The van der Waals surface area contributed by atoms with Crippen molar-refractivity contribution in [1.29, 1.82) is 0 Å². The van der Waals surface area contributed by atoms with Gasteiger partial charge < -0.3 is 25.3 Å². The summed E-state index contributed by atoms with van der Waals surface area (Å²) in [7, 11) is 1.58. The van der Waals surface area contributed by atoms with Crippen LogP contribution >= 0.6 is 0 Å². The number of amides is 2. The molecule has 0 bridgehead atoms. The van der Waals surface area contributed by atoms with Crippen LogP contribution in [0.5, 0.6) is 17.2 Å². The van der Waals surface area contributed by atoms with Crippen LogP contribution in [0.1, 0.15) is 41.6 Å². The molecule has 5 rings (SSSR count). The standard InChI is InChI=1S/C29H31N5O5/c1-3-38-25-18-24-22(11-15-34(24)29(36)30-2)16-26(25)39-23-8-12-31-27(17-23)32-28(35)21-6-4-19(5-7-21)20-9-13-33(37)14-10-20/h4-8,11-12,15-18,20,37H,3,9-10,13-14H2,1-2H3,(H,30,36)(H,31,32,35). The van der Waals surface area contributed by atoms with Crippen LogP contribution < -0.4 is 20.1 Å². The molecule has 1 saturated heterocycles. The Morgan fingerprint density at radius 3 is 2.54 bits per heavy atom. The molecule has 0 spiro atoms. The largest absolute Gasteiger partial charge is 0.490 e. The summed E-state index contributed by atoms with van der Waals surface area (Å²) in [5.41, 5.74) is 2.38. The fourth-order valence-electron chi connectivity index (χ4n) is 4.75. The van der Waals surface area contributed by atoms with E-state index < -0.39 is 0 Å². The van der Waals surface area contributed by atoms with Gasteiger partial charge in [0.05, 0.1) is 12.1 Å². The van der Waals surface area contributed by atoms with Crippen molar-refractivity contribution < 1.29 is 24.3 Å². The fraction of sp³-hybridized carbons (Fsp3) is 0.276. The zero-order chi connectivity index (χ0) is 27.4. The lowest BCUT2D eigenvalue weighted by atomic mass is 9.89. The Morgan fingerprint density at radius 1 is 1.05 bits per heavy atom. The van der Waals surface area contributed by atoms with Gasteiger partial charge in [0, 0.05) is 55.6 Å². The van der Waals surface area contributed by atoms with Gasteiger partial charge in [-0.25, -0.2) is 9.78 Å². The fourth-order valence-corrected chi connectivity index (χ4v) is 4.75. The highest BCUT2D eigenvalue weighted by Gasteiger charge is 2.20. The number of aromatic nitrogens is 2. The highest BCUT2D eigenvalue weighted by Crippen LogP contribution is 2.36. The first-order chi connectivity index (χ1) is 18.9. The van der Waals surface area contributed by atoms with E-state index in [0.717, 1.165) is 18.2 Å². The van der Waals surface area contributed by atoms with Crippen LogP contribution in [-0.2, 0) is 0 Å². The maximum atomic E-state index is 12.9. The van der Waals surface area contributed by atoms with Gasteiger partial charge in [-0.15, -0.1) is 0 Å². The second-order valence-electron chi connectivity index (χ2n) is 9.31. The van der Waals surface area contributed by atoms with Crippen molar-refractivity contribution in [3.8, 4) is 17.2 Å². The monoisotopic (exact) mass is 529 g/mol. The van der Waals surface area contributed by atoms with Crippen LogP contribution in [0, 0.1) is 0 Å². The minimum Gasteiger partial charge on any atom is -0.490 e. The molecule has 0 unspecified atom stereocenters. The number of nitrogens with zero attached hydrogens (tertiary/aromatic N) is 3. The third kappa shape index (κ3) is 5.87. The van der Waals surface area contributed by atoms with Gasteiger partial charge in [0.2, 0.25) is 0 Å². The van der Waals surface area contributed by atoms with Gasteiger partial charge in [-0.05, 0) is 61.6 Å². The van der Waals surface area contributed by atoms with Crippen molar-refractivity contribution in [2.45, 2.75) is 25.7 Å².